The number of piperidine rings is 1. The second-order valence-corrected chi connectivity index (χ2v) is 13.3. The number of amides is 4. The molecule has 4 rings (SSSR count). The smallest absolute Gasteiger partial charge is 0.410 e. The van der Waals surface area contributed by atoms with Gasteiger partial charge in [-0.25, -0.2) is 4.79 Å². The molecule has 9 nitrogen and oxygen atoms in total. The van der Waals surface area contributed by atoms with Crippen molar-refractivity contribution in [2.24, 2.45) is 17.6 Å². The average molecular weight is 559 g/mol. The van der Waals surface area contributed by atoms with E-state index in [1.165, 1.54) is 23.1 Å². The number of carbonyl (C=O) groups excluding carboxylic acids is 4. The standard InChI is InChI=1S/C29H42N4O5S/c1-17(32(5)28(37)38-29(2,3)4)26(35)31-22-14-15-39-23-13-12-21(24(25(30)34)33(23)27(22)36)20-11-10-18-8-6-7-9-19(18)16-20/h6-9,17,20-24H,10-16H2,1-5H3,(H2,30,34)(H,31,35)/t17-,20?,21?,22-,23-,24?/m0/s1. The normalized spacial score (nSPS) is 27.9. The van der Waals surface area contributed by atoms with Gasteiger partial charge in [0.15, 0.2) is 0 Å². The van der Waals surface area contributed by atoms with Crippen LogP contribution < -0.4 is 11.1 Å². The van der Waals surface area contributed by atoms with E-state index in [0.717, 1.165) is 32.1 Å². The predicted molar refractivity (Wildman–Crippen MR) is 151 cm³/mol. The maximum absolute atomic E-state index is 14.0. The summed E-state index contributed by atoms with van der Waals surface area (Å²) in [7, 11) is 1.50. The van der Waals surface area contributed by atoms with Crippen molar-refractivity contribution in [1.29, 1.82) is 0 Å². The van der Waals surface area contributed by atoms with E-state index < -0.39 is 41.6 Å². The van der Waals surface area contributed by atoms with Gasteiger partial charge in [0.1, 0.15) is 23.7 Å². The van der Waals surface area contributed by atoms with Crippen LogP contribution in [0.2, 0.25) is 0 Å². The highest BCUT2D eigenvalue weighted by molar-refractivity contribution is 7.99. The molecule has 214 valence electrons. The van der Waals surface area contributed by atoms with Gasteiger partial charge in [0.25, 0.3) is 0 Å². The molecule has 0 radical (unpaired) electrons. The lowest BCUT2D eigenvalue weighted by Crippen LogP contribution is -2.63. The van der Waals surface area contributed by atoms with Crippen molar-refractivity contribution in [2.45, 2.75) is 95.3 Å². The number of ether oxygens (including phenoxy) is 1. The first-order valence-electron chi connectivity index (χ1n) is 13.9. The molecule has 10 heteroatoms. The molecule has 3 aliphatic rings. The summed E-state index contributed by atoms with van der Waals surface area (Å²) in [6.45, 7) is 6.88. The highest BCUT2D eigenvalue weighted by atomic mass is 32.2. The molecule has 2 fully saturated rings. The Balaban J connectivity index is 1.50. The van der Waals surface area contributed by atoms with E-state index in [9.17, 15) is 19.2 Å². The van der Waals surface area contributed by atoms with Crippen molar-refractivity contribution >= 4 is 35.6 Å². The Hall–Kier alpha value is -2.75. The zero-order valence-corrected chi connectivity index (χ0v) is 24.5. The van der Waals surface area contributed by atoms with Gasteiger partial charge in [-0.2, -0.15) is 0 Å². The van der Waals surface area contributed by atoms with E-state index in [1.807, 2.05) is 6.07 Å². The fraction of sp³-hybridized carbons (Fsp3) is 0.655. The van der Waals surface area contributed by atoms with E-state index in [2.05, 4.69) is 23.5 Å². The number of likely N-dealkylation sites (N-methyl/N-ethyl adjacent to an activating group) is 1. The summed E-state index contributed by atoms with van der Waals surface area (Å²) in [6.07, 6.45) is 4.25. The van der Waals surface area contributed by atoms with Crippen LogP contribution in [0.5, 0.6) is 0 Å². The van der Waals surface area contributed by atoms with Crippen LogP contribution in [0.25, 0.3) is 0 Å². The van der Waals surface area contributed by atoms with Crippen LogP contribution in [0.3, 0.4) is 0 Å². The maximum atomic E-state index is 14.0. The molecule has 0 aromatic heterocycles. The van der Waals surface area contributed by atoms with Gasteiger partial charge in [-0.1, -0.05) is 24.3 Å². The minimum absolute atomic E-state index is 0.0247. The number of nitrogens with two attached hydrogens (primary N) is 1. The lowest BCUT2D eigenvalue weighted by molar-refractivity contribution is -0.148. The van der Waals surface area contributed by atoms with Gasteiger partial charge in [0.2, 0.25) is 17.7 Å². The molecule has 1 aromatic carbocycles. The van der Waals surface area contributed by atoms with Gasteiger partial charge in [0.05, 0.1) is 5.37 Å². The number of fused-ring (bicyclic) bond motifs is 2. The van der Waals surface area contributed by atoms with Crippen LogP contribution in [-0.2, 0) is 32.0 Å². The molecule has 6 atom stereocenters. The summed E-state index contributed by atoms with van der Waals surface area (Å²) >= 11 is 1.65. The minimum atomic E-state index is -0.845. The summed E-state index contributed by atoms with van der Waals surface area (Å²) in [5.41, 5.74) is 7.98. The lowest BCUT2D eigenvalue weighted by atomic mass is 9.70. The molecule has 4 amide bonds. The lowest BCUT2D eigenvalue weighted by Gasteiger charge is -2.47. The number of primary amides is 1. The first-order valence-corrected chi connectivity index (χ1v) is 15.0. The number of carbonyl (C=O) groups is 4. The molecular weight excluding hydrogens is 516 g/mol. The van der Waals surface area contributed by atoms with Crippen LogP contribution in [-0.4, -0.2) is 75.5 Å². The second kappa shape index (κ2) is 11.8. The Bertz CT molecular complexity index is 1110. The van der Waals surface area contributed by atoms with Gasteiger partial charge in [-0.15, -0.1) is 11.8 Å². The fourth-order valence-electron chi connectivity index (χ4n) is 6.11. The number of nitrogens with one attached hydrogen (secondary N) is 1. The Kier molecular flexibility index (Phi) is 8.83. The molecule has 3 unspecified atom stereocenters. The van der Waals surface area contributed by atoms with Crippen LogP contribution in [0.4, 0.5) is 4.79 Å². The van der Waals surface area contributed by atoms with E-state index in [0.29, 0.717) is 12.2 Å². The average Bonchev–Trinajstić information content (AvgIpc) is 3.04. The van der Waals surface area contributed by atoms with Crippen molar-refractivity contribution in [3.8, 4) is 0 Å². The largest absolute Gasteiger partial charge is 0.444 e. The fourth-order valence-corrected chi connectivity index (χ4v) is 7.45. The van der Waals surface area contributed by atoms with Crippen LogP contribution >= 0.6 is 11.8 Å². The van der Waals surface area contributed by atoms with Crippen molar-refractivity contribution < 1.29 is 23.9 Å². The molecule has 2 saturated heterocycles. The Morgan fingerprint density at radius 1 is 1.13 bits per heavy atom. The number of hydrogen-bond donors (Lipinski definition) is 2. The van der Waals surface area contributed by atoms with Crippen molar-refractivity contribution in [3.63, 3.8) is 0 Å². The third kappa shape index (κ3) is 6.53. The van der Waals surface area contributed by atoms with Gasteiger partial charge < -0.3 is 20.7 Å². The van der Waals surface area contributed by atoms with Gasteiger partial charge >= 0.3 is 6.09 Å². The number of aryl methyl sites for hydroxylation is 1. The monoisotopic (exact) mass is 558 g/mol. The quantitative estimate of drug-likeness (QED) is 0.573. The van der Waals surface area contributed by atoms with E-state index >= 15 is 0 Å². The zero-order valence-electron chi connectivity index (χ0n) is 23.6. The molecule has 2 aliphatic heterocycles. The predicted octanol–water partition coefficient (Wildman–Crippen LogP) is 3.09. The van der Waals surface area contributed by atoms with Gasteiger partial charge in [0, 0.05) is 7.05 Å². The van der Waals surface area contributed by atoms with Crippen molar-refractivity contribution in [1.82, 2.24) is 15.1 Å². The van der Waals surface area contributed by atoms with E-state index in [-0.39, 0.29) is 23.1 Å². The highest BCUT2D eigenvalue weighted by Crippen LogP contribution is 2.43. The minimum Gasteiger partial charge on any atom is -0.444 e. The maximum Gasteiger partial charge on any atom is 0.410 e. The third-order valence-electron chi connectivity index (χ3n) is 8.27. The summed E-state index contributed by atoms with van der Waals surface area (Å²) in [4.78, 5) is 55.5. The summed E-state index contributed by atoms with van der Waals surface area (Å²) in [5.74, 6) is -0.296. The van der Waals surface area contributed by atoms with E-state index in [4.69, 9.17) is 10.5 Å². The van der Waals surface area contributed by atoms with E-state index in [1.54, 1.807) is 44.4 Å². The van der Waals surface area contributed by atoms with Crippen molar-refractivity contribution in [2.75, 3.05) is 12.8 Å². The number of nitrogens with zero attached hydrogens (tertiary/aromatic N) is 2. The first kappa shape index (κ1) is 29.2. The molecule has 2 heterocycles. The van der Waals surface area contributed by atoms with Crippen molar-refractivity contribution in [3.05, 3.63) is 35.4 Å². The Morgan fingerprint density at radius 2 is 1.82 bits per heavy atom. The molecular formula is C29H42N4O5S. The molecule has 1 aliphatic carbocycles. The Labute approximate surface area is 235 Å². The molecule has 3 N–H and O–H groups in total. The number of rotatable bonds is 5. The Morgan fingerprint density at radius 3 is 2.49 bits per heavy atom. The van der Waals surface area contributed by atoms with Crippen LogP contribution in [0.15, 0.2) is 24.3 Å². The third-order valence-corrected chi connectivity index (χ3v) is 9.59. The molecule has 0 bridgehead atoms. The van der Waals surface area contributed by atoms with Gasteiger partial charge in [-0.3, -0.25) is 19.3 Å². The number of hydrogen-bond acceptors (Lipinski definition) is 6. The number of benzene rings is 1. The van der Waals surface area contributed by atoms with Gasteiger partial charge in [-0.05, 0) is 94.9 Å². The second-order valence-electron chi connectivity index (χ2n) is 12.0. The molecule has 0 spiro atoms. The summed E-state index contributed by atoms with van der Waals surface area (Å²) in [6, 6.07) is 6.08. The molecule has 39 heavy (non-hydrogen) atoms. The SMILES string of the molecule is C[C@@H](C(=O)N[C@H]1CCS[C@H]2CCC(C3CCc4ccccc4C3)C(C(N)=O)N2C1=O)N(C)C(=O)OC(C)(C)C. The first-order chi connectivity index (χ1) is 18.4. The van der Waals surface area contributed by atoms with Crippen LogP contribution in [0, 0.1) is 11.8 Å². The summed E-state index contributed by atoms with van der Waals surface area (Å²) in [5, 5.41) is 2.71. The highest BCUT2D eigenvalue weighted by Gasteiger charge is 2.49. The topological polar surface area (TPSA) is 122 Å². The molecule has 1 aromatic rings. The summed E-state index contributed by atoms with van der Waals surface area (Å²) < 4.78 is 5.38. The number of thioether (sulfide) groups is 1. The zero-order chi connectivity index (χ0) is 28.5. The van der Waals surface area contributed by atoms with Crippen LogP contribution in [0.1, 0.15) is 64.5 Å². The molecule has 0 saturated carbocycles.